The molecule has 2 amide bonds. The van der Waals surface area contributed by atoms with Crippen LogP contribution < -0.4 is 20.3 Å². The van der Waals surface area contributed by atoms with Gasteiger partial charge < -0.3 is 39.5 Å². The Bertz CT molecular complexity index is 2930. The molecule has 0 aliphatic carbocycles. The van der Waals surface area contributed by atoms with Gasteiger partial charge in [0.05, 0.1) is 51.0 Å². The summed E-state index contributed by atoms with van der Waals surface area (Å²) in [5.41, 5.74) is 9.09. The normalized spacial score (nSPS) is 12.5. The topological polar surface area (TPSA) is 177 Å². The van der Waals surface area contributed by atoms with E-state index < -0.39 is 10.0 Å². The van der Waals surface area contributed by atoms with E-state index in [0.717, 1.165) is 57.1 Å². The van der Waals surface area contributed by atoms with Gasteiger partial charge >= 0.3 is 0 Å². The van der Waals surface area contributed by atoms with Crippen LogP contribution in [0.1, 0.15) is 24.0 Å². The maximum atomic E-state index is 13.5. The number of carbonyl (C=O) groups is 2. The van der Waals surface area contributed by atoms with Crippen molar-refractivity contribution in [1.82, 2.24) is 24.6 Å². The highest BCUT2D eigenvalue weighted by Crippen LogP contribution is 2.38. The molecule has 0 bridgehead atoms. The number of rotatable bonds is 23. The van der Waals surface area contributed by atoms with Crippen LogP contribution >= 0.6 is 11.6 Å². The first kappa shape index (κ1) is 48.1. The molecule has 0 atom stereocenters. The molecular weight excluding hydrogens is 906 g/mol. The van der Waals surface area contributed by atoms with Gasteiger partial charge in [-0.2, -0.15) is 0 Å². The first-order valence-electron chi connectivity index (χ1n) is 22.6. The summed E-state index contributed by atoms with van der Waals surface area (Å²) >= 11 is 6.41. The summed E-state index contributed by atoms with van der Waals surface area (Å²) in [7, 11) is -2.18. The summed E-state index contributed by atoms with van der Waals surface area (Å²) in [6.45, 7) is 2.88. The molecule has 0 radical (unpaired) electrons. The highest BCUT2D eigenvalue weighted by molar-refractivity contribution is 7.89. The summed E-state index contributed by atoms with van der Waals surface area (Å²) in [5, 5.41) is 8.39. The lowest BCUT2D eigenvalue weighted by Gasteiger charge is -2.28. The third-order valence-electron chi connectivity index (χ3n) is 11.6. The van der Waals surface area contributed by atoms with E-state index in [-0.39, 0.29) is 36.3 Å². The van der Waals surface area contributed by atoms with E-state index in [1.807, 2.05) is 48.7 Å². The number of hydrogen-bond donors (Lipinski definition) is 3. The second kappa shape index (κ2) is 23.1. The monoisotopic (exact) mass is 959 g/mol. The van der Waals surface area contributed by atoms with Crippen molar-refractivity contribution in [1.29, 1.82) is 0 Å². The highest BCUT2D eigenvalue weighted by Gasteiger charge is 2.24. The van der Waals surface area contributed by atoms with E-state index in [2.05, 4.69) is 60.8 Å². The molecule has 354 valence electrons. The molecular formula is C51H54ClN7O8S. The Kier molecular flexibility index (Phi) is 16.3. The van der Waals surface area contributed by atoms with Gasteiger partial charge in [0, 0.05) is 101 Å². The van der Waals surface area contributed by atoms with Crippen LogP contribution in [0.4, 0.5) is 17.1 Å². The van der Waals surface area contributed by atoms with Crippen LogP contribution in [0.15, 0.2) is 127 Å². The van der Waals surface area contributed by atoms with E-state index in [0.29, 0.717) is 75.7 Å². The van der Waals surface area contributed by atoms with Gasteiger partial charge in [-0.25, -0.2) is 17.7 Å². The maximum absolute atomic E-state index is 13.5. The molecule has 3 N–H and O–H groups in total. The van der Waals surface area contributed by atoms with E-state index in [4.69, 9.17) is 30.5 Å². The van der Waals surface area contributed by atoms with Crippen LogP contribution in [0, 0.1) is 0 Å². The second-order valence-corrected chi connectivity index (χ2v) is 18.7. The molecule has 0 unspecified atom stereocenters. The van der Waals surface area contributed by atoms with Crippen LogP contribution in [0.5, 0.6) is 5.88 Å². The van der Waals surface area contributed by atoms with Crippen LogP contribution in [-0.4, -0.2) is 112 Å². The van der Waals surface area contributed by atoms with Gasteiger partial charge in [-0.15, -0.1) is 0 Å². The van der Waals surface area contributed by atoms with E-state index in [1.165, 1.54) is 27.6 Å². The number of pyridine rings is 2. The molecule has 4 aromatic carbocycles. The number of H-pyrrole nitrogens is 1. The molecule has 0 saturated heterocycles. The molecule has 7 aromatic rings. The van der Waals surface area contributed by atoms with Crippen molar-refractivity contribution in [3.63, 3.8) is 0 Å². The van der Waals surface area contributed by atoms with Gasteiger partial charge in [0.15, 0.2) is 6.61 Å². The number of fused-ring (bicyclic) bond motifs is 5. The number of nitrogens with zero attached hydrogens (tertiary/aromatic N) is 4. The Morgan fingerprint density at radius 2 is 1.51 bits per heavy atom. The van der Waals surface area contributed by atoms with Crippen molar-refractivity contribution in [2.24, 2.45) is 0 Å². The number of carbonyl (C=O) groups excluding carboxylic acids is 2. The van der Waals surface area contributed by atoms with E-state index >= 15 is 0 Å². The number of benzene rings is 4. The molecule has 8 rings (SSSR count). The van der Waals surface area contributed by atoms with Gasteiger partial charge in [-0.1, -0.05) is 48.0 Å². The zero-order valence-electron chi connectivity index (χ0n) is 37.8. The van der Waals surface area contributed by atoms with Crippen molar-refractivity contribution < 1.29 is 37.0 Å². The molecule has 1 aliphatic rings. The summed E-state index contributed by atoms with van der Waals surface area (Å²) in [4.78, 5) is 39.2. The predicted molar refractivity (Wildman–Crippen MR) is 264 cm³/mol. The van der Waals surface area contributed by atoms with Crippen molar-refractivity contribution in [2.45, 2.75) is 30.6 Å². The fourth-order valence-electron chi connectivity index (χ4n) is 8.03. The number of para-hydroxylation sites is 1. The largest absolute Gasteiger partial charge is 0.468 e. The number of sulfonamides is 1. The van der Waals surface area contributed by atoms with Crippen LogP contribution in [0.2, 0.25) is 5.02 Å². The fourth-order valence-corrected chi connectivity index (χ4v) is 9.41. The summed E-state index contributed by atoms with van der Waals surface area (Å²) in [5.74, 6) is -0.200. The van der Waals surface area contributed by atoms with Crippen molar-refractivity contribution in [2.75, 3.05) is 83.1 Å². The zero-order valence-corrected chi connectivity index (χ0v) is 39.4. The van der Waals surface area contributed by atoms with Crippen LogP contribution in [-0.2, 0) is 46.7 Å². The number of aromatic amines is 1. The number of halogens is 1. The number of amides is 2. The van der Waals surface area contributed by atoms with Gasteiger partial charge in [0.2, 0.25) is 21.8 Å². The quantitative estimate of drug-likeness (QED) is 0.0531. The minimum Gasteiger partial charge on any atom is -0.468 e. The predicted octanol–water partition coefficient (Wildman–Crippen LogP) is 7.95. The minimum absolute atomic E-state index is 0.117. The number of hydrogen-bond acceptors (Lipinski definition) is 11. The number of anilines is 3. The summed E-state index contributed by atoms with van der Waals surface area (Å²) in [6, 6.07) is 32.2. The van der Waals surface area contributed by atoms with Gasteiger partial charge in [0.25, 0.3) is 5.91 Å². The van der Waals surface area contributed by atoms with Gasteiger partial charge in [-0.05, 0) is 96.6 Å². The molecule has 0 fully saturated rings. The SMILES string of the molecule is CN(CCCN1c2ccccc2CCc2ccc(Cl)cc21)S(=O)(=O)c1ccc(NC(=O)CCOCCOCCOCCNC(=O)COc2ccc(-c3ccc4c(c3)[nH]c3ccncc34)cn2)cc1. The fraction of sp³-hybridized carbons (Fsp3) is 0.294. The highest BCUT2D eigenvalue weighted by atomic mass is 35.5. The van der Waals surface area contributed by atoms with E-state index in [1.54, 1.807) is 37.6 Å². The summed E-state index contributed by atoms with van der Waals surface area (Å²) < 4.78 is 50.5. The standard InChI is InChI=1S/C51H54ClN7O8S/c1-58(23-4-24-59-47-6-3-2-5-36(47)7-8-37-9-12-40(52)32-48(37)59)68(62,63)42-15-13-41(14-16-42)56-49(60)20-25-64-27-29-66-30-28-65-26-22-54-50(61)35-67-51-18-11-39(33-55-51)38-10-17-43-44-34-53-21-19-45(44)57-46(43)31-38/h2-3,5-6,9-19,21,31-34,57H,4,7-8,20,22-30,35H2,1H3,(H,54,61)(H,56,60). The van der Waals surface area contributed by atoms with Crippen LogP contribution in [0.3, 0.4) is 0 Å². The van der Waals surface area contributed by atoms with Gasteiger partial charge in [0.1, 0.15) is 0 Å². The van der Waals surface area contributed by atoms with Gasteiger partial charge in [-0.3, -0.25) is 14.6 Å². The molecule has 17 heteroatoms. The van der Waals surface area contributed by atoms with Crippen LogP contribution in [0.25, 0.3) is 32.9 Å². The lowest BCUT2D eigenvalue weighted by atomic mass is 10.0. The Morgan fingerprint density at radius 3 is 2.31 bits per heavy atom. The molecule has 4 heterocycles. The third kappa shape index (κ3) is 12.4. The van der Waals surface area contributed by atoms with E-state index in [9.17, 15) is 18.0 Å². The molecule has 1 aliphatic heterocycles. The molecule has 0 saturated carbocycles. The number of aryl methyl sites for hydroxylation is 2. The van der Waals surface area contributed by atoms with Crippen molar-refractivity contribution in [3.05, 3.63) is 138 Å². The number of aromatic nitrogens is 3. The lowest BCUT2D eigenvalue weighted by molar-refractivity contribution is -0.123. The smallest absolute Gasteiger partial charge is 0.258 e. The molecule has 68 heavy (non-hydrogen) atoms. The minimum atomic E-state index is -3.76. The molecule has 15 nitrogen and oxygen atoms in total. The average Bonchev–Trinajstić information content (AvgIpc) is 3.65. The Morgan fingerprint density at radius 1 is 0.765 bits per heavy atom. The zero-order chi connectivity index (χ0) is 47.3. The average molecular weight is 961 g/mol. The summed E-state index contributed by atoms with van der Waals surface area (Å²) in [6.07, 6.45) is 7.87. The second-order valence-electron chi connectivity index (χ2n) is 16.2. The van der Waals surface area contributed by atoms with Crippen molar-refractivity contribution >= 4 is 72.3 Å². The first-order chi connectivity index (χ1) is 33.1. The number of ether oxygens (including phenoxy) is 4. The Hall–Kier alpha value is -6.40. The Labute approximate surface area is 400 Å². The lowest BCUT2D eigenvalue weighted by Crippen LogP contribution is -2.32. The van der Waals surface area contributed by atoms with Crippen molar-refractivity contribution in [3.8, 4) is 17.0 Å². The molecule has 3 aromatic heterocycles. The first-order valence-corrected chi connectivity index (χ1v) is 24.4. The third-order valence-corrected chi connectivity index (χ3v) is 13.7. The Balaban J connectivity index is 0.644. The molecule has 0 spiro atoms. The number of nitrogens with one attached hydrogen (secondary N) is 3. The maximum Gasteiger partial charge on any atom is 0.258 e.